The molecule has 9 heteroatoms. The van der Waals surface area contributed by atoms with Crippen molar-refractivity contribution in [2.24, 2.45) is 5.73 Å². The van der Waals surface area contributed by atoms with E-state index in [0.29, 0.717) is 11.4 Å². The van der Waals surface area contributed by atoms with Crippen molar-refractivity contribution in [2.45, 2.75) is 19.9 Å². The number of hydrogen-bond acceptors (Lipinski definition) is 6. The number of nitrogens with two attached hydrogens (primary N) is 1. The number of nitrogens with zero attached hydrogens (tertiary/aromatic N) is 2. The Labute approximate surface area is 173 Å². The van der Waals surface area contributed by atoms with E-state index in [1.807, 2.05) is 31.2 Å². The summed E-state index contributed by atoms with van der Waals surface area (Å²) in [4.78, 5) is 20.4. The molecule has 0 radical (unpaired) electrons. The number of likely N-dealkylation sites (N-methyl/N-ethyl adjacent to an activating group) is 1. The number of amides is 1. The van der Waals surface area contributed by atoms with E-state index < -0.39 is 0 Å². The SMILES string of the molecule is Cc1ccccc1Nc1nc2sc(C(=O)N(C)C(C)CN)cc2s1.Cl.Cl. The zero-order valence-electron chi connectivity index (χ0n) is 14.7. The van der Waals surface area contributed by atoms with Crippen LogP contribution in [0.1, 0.15) is 22.2 Å². The summed E-state index contributed by atoms with van der Waals surface area (Å²) in [7, 11) is 1.78. The molecule has 0 spiro atoms. The molecule has 1 amide bonds. The Balaban J connectivity index is 0.00000169. The van der Waals surface area contributed by atoms with Crippen LogP contribution in [0, 0.1) is 6.92 Å². The van der Waals surface area contributed by atoms with Gasteiger partial charge in [0.05, 0.1) is 9.58 Å². The number of aryl methyl sites for hydroxylation is 1. The molecule has 2 heterocycles. The lowest BCUT2D eigenvalue weighted by molar-refractivity contribution is 0.0753. The zero-order valence-corrected chi connectivity index (χ0v) is 18.0. The van der Waals surface area contributed by atoms with Gasteiger partial charge in [-0.25, -0.2) is 4.98 Å². The van der Waals surface area contributed by atoms with E-state index in [9.17, 15) is 4.79 Å². The maximum atomic E-state index is 12.5. The van der Waals surface area contributed by atoms with Crippen molar-refractivity contribution < 1.29 is 4.79 Å². The van der Waals surface area contributed by atoms with Crippen LogP contribution in [-0.2, 0) is 0 Å². The van der Waals surface area contributed by atoms with Gasteiger partial charge in [0.1, 0.15) is 4.83 Å². The van der Waals surface area contributed by atoms with Crippen molar-refractivity contribution in [3.8, 4) is 0 Å². The molecule has 0 saturated heterocycles. The summed E-state index contributed by atoms with van der Waals surface area (Å²) < 4.78 is 1.02. The minimum absolute atomic E-state index is 0. The van der Waals surface area contributed by atoms with Crippen LogP contribution >= 0.6 is 47.5 Å². The third-order valence-corrected chi connectivity index (χ3v) is 6.07. The highest BCUT2D eigenvalue weighted by atomic mass is 35.5. The summed E-state index contributed by atoms with van der Waals surface area (Å²) in [6.07, 6.45) is 0. The van der Waals surface area contributed by atoms with E-state index in [-0.39, 0.29) is 36.8 Å². The monoisotopic (exact) mass is 432 g/mol. The summed E-state index contributed by atoms with van der Waals surface area (Å²) >= 11 is 2.98. The van der Waals surface area contributed by atoms with Crippen molar-refractivity contribution in [3.05, 3.63) is 40.8 Å². The molecule has 5 nitrogen and oxygen atoms in total. The van der Waals surface area contributed by atoms with Gasteiger partial charge >= 0.3 is 0 Å². The number of benzene rings is 1. The number of halogens is 2. The third kappa shape index (κ3) is 4.66. The van der Waals surface area contributed by atoms with E-state index >= 15 is 0 Å². The highest BCUT2D eigenvalue weighted by molar-refractivity contribution is 7.29. The van der Waals surface area contributed by atoms with Gasteiger partial charge in [-0.1, -0.05) is 29.5 Å². The van der Waals surface area contributed by atoms with Crippen LogP contribution in [0.15, 0.2) is 30.3 Å². The molecule has 2 aromatic heterocycles. The Kier molecular flexibility index (Phi) is 8.30. The molecule has 0 saturated carbocycles. The number of nitrogens with one attached hydrogen (secondary N) is 1. The first-order valence-corrected chi connectivity index (χ1v) is 9.33. The second-order valence-electron chi connectivity index (χ2n) is 5.74. The number of anilines is 2. The van der Waals surface area contributed by atoms with Crippen LogP contribution in [-0.4, -0.2) is 35.4 Å². The first kappa shape index (κ1) is 22.7. The summed E-state index contributed by atoms with van der Waals surface area (Å²) in [6, 6.07) is 10.0. The number of carbonyl (C=O) groups excluding carboxylic acids is 1. The van der Waals surface area contributed by atoms with Gasteiger partial charge < -0.3 is 16.0 Å². The Morgan fingerprint density at radius 3 is 2.62 bits per heavy atom. The number of fused-ring (bicyclic) bond motifs is 1. The van der Waals surface area contributed by atoms with Crippen LogP contribution < -0.4 is 11.1 Å². The molecule has 1 unspecified atom stereocenters. The lowest BCUT2D eigenvalue weighted by Gasteiger charge is -2.22. The zero-order chi connectivity index (χ0) is 17.3. The van der Waals surface area contributed by atoms with Crippen LogP contribution in [0.25, 0.3) is 9.53 Å². The number of para-hydroxylation sites is 1. The predicted molar refractivity (Wildman–Crippen MR) is 117 cm³/mol. The Bertz CT molecular complexity index is 849. The van der Waals surface area contributed by atoms with Gasteiger partial charge in [0, 0.05) is 25.3 Å². The molecule has 0 aliphatic rings. The average molecular weight is 433 g/mol. The fourth-order valence-electron chi connectivity index (χ4n) is 2.25. The molecule has 0 aliphatic carbocycles. The number of thiazole rings is 1. The van der Waals surface area contributed by atoms with Crippen LogP contribution in [0.3, 0.4) is 0 Å². The molecule has 0 aliphatic heterocycles. The van der Waals surface area contributed by atoms with Gasteiger partial charge in [-0.3, -0.25) is 4.79 Å². The second kappa shape index (κ2) is 9.53. The van der Waals surface area contributed by atoms with Gasteiger partial charge in [0.15, 0.2) is 5.13 Å². The standard InChI is InChI=1S/C17H20N4OS2.2ClH/c1-10-6-4-5-7-12(10)19-17-20-15-13(24-17)8-14(23-15)16(22)21(3)11(2)9-18;;/h4-8,11H,9,18H2,1-3H3,(H,19,20);2*1H. The number of rotatable bonds is 5. The van der Waals surface area contributed by atoms with E-state index in [1.54, 1.807) is 23.3 Å². The minimum atomic E-state index is -0.00318. The molecule has 0 bridgehead atoms. The van der Waals surface area contributed by atoms with E-state index in [4.69, 9.17) is 5.73 Å². The van der Waals surface area contributed by atoms with Crippen molar-refractivity contribution in [3.63, 3.8) is 0 Å². The molecule has 1 aromatic carbocycles. The maximum Gasteiger partial charge on any atom is 0.264 e. The van der Waals surface area contributed by atoms with Gasteiger partial charge in [-0.2, -0.15) is 0 Å². The largest absolute Gasteiger partial charge is 0.337 e. The molecule has 0 fully saturated rings. The molecule has 3 rings (SSSR count). The summed E-state index contributed by atoms with van der Waals surface area (Å²) in [5.41, 5.74) is 7.86. The van der Waals surface area contributed by atoms with Crippen molar-refractivity contribution in [1.82, 2.24) is 9.88 Å². The van der Waals surface area contributed by atoms with Gasteiger partial charge in [-0.15, -0.1) is 36.2 Å². The molecule has 3 aromatic rings. The number of thiophene rings is 1. The highest BCUT2D eigenvalue weighted by Gasteiger charge is 2.20. The number of hydrogen-bond donors (Lipinski definition) is 2. The third-order valence-electron chi connectivity index (χ3n) is 4.01. The first-order chi connectivity index (χ1) is 11.5. The lowest BCUT2D eigenvalue weighted by atomic mass is 10.2. The van der Waals surface area contributed by atoms with Gasteiger partial charge in [0.25, 0.3) is 5.91 Å². The number of aromatic nitrogens is 1. The van der Waals surface area contributed by atoms with E-state index in [2.05, 4.69) is 23.3 Å². The Hall–Kier alpha value is -1.38. The quantitative estimate of drug-likeness (QED) is 0.613. The maximum absolute atomic E-state index is 12.5. The summed E-state index contributed by atoms with van der Waals surface area (Å²) in [6.45, 7) is 4.45. The lowest BCUT2D eigenvalue weighted by Crippen LogP contribution is -2.39. The number of carbonyl (C=O) groups is 1. The van der Waals surface area contributed by atoms with Crippen LogP contribution in [0.4, 0.5) is 10.8 Å². The average Bonchev–Trinajstić information content (AvgIpc) is 3.13. The summed E-state index contributed by atoms with van der Waals surface area (Å²) in [5.74, 6) is -0.00318. The molecular formula is C17H22Cl2N4OS2. The topological polar surface area (TPSA) is 71.2 Å². The van der Waals surface area contributed by atoms with Crippen LogP contribution in [0.5, 0.6) is 0 Å². The minimum Gasteiger partial charge on any atom is -0.337 e. The second-order valence-corrected chi connectivity index (χ2v) is 7.80. The molecule has 142 valence electrons. The molecule has 3 N–H and O–H groups in total. The first-order valence-electron chi connectivity index (χ1n) is 7.70. The van der Waals surface area contributed by atoms with E-state index in [0.717, 1.165) is 20.3 Å². The van der Waals surface area contributed by atoms with Crippen molar-refractivity contribution in [2.75, 3.05) is 18.9 Å². The van der Waals surface area contributed by atoms with Crippen molar-refractivity contribution >= 4 is 73.7 Å². The molecular weight excluding hydrogens is 411 g/mol. The molecule has 1 atom stereocenters. The predicted octanol–water partition coefficient (Wildman–Crippen LogP) is 4.67. The normalized spacial score (nSPS) is 11.4. The fraction of sp³-hybridized carbons (Fsp3) is 0.294. The van der Waals surface area contributed by atoms with Crippen LogP contribution in [0.2, 0.25) is 0 Å². The highest BCUT2D eigenvalue weighted by Crippen LogP contribution is 2.35. The Morgan fingerprint density at radius 1 is 1.31 bits per heavy atom. The van der Waals surface area contributed by atoms with Gasteiger partial charge in [0.2, 0.25) is 0 Å². The fourth-order valence-corrected chi connectivity index (χ4v) is 4.37. The van der Waals surface area contributed by atoms with Gasteiger partial charge in [-0.05, 0) is 31.5 Å². The molecule has 26 heavy (non-hydrogen) atoms. The Morgan fingerprint density at radius 2 is 2.00 bits per heavy atom. The smallest absolute Gasteiger partial charge is 0.264 e. The summed E-state index contributed by atoms with van der Waals surface area (Å²) in [5, 5.41) is 4.19. The van der Waals surface area contributed by atoms with E-state index in [1.165, 1.54) is 16.9 Å². The van der Waals surface area contributed by atoms with Crippen molar-refractivity contribution in [1.29, 1.82) is 0 Å².